The molecule has 1 amide bonds. The Bertz CT molecular complexity index is 715. The minimum absolute atomic E-state index is 0.0225. The van der Waals surface area contributed by atoms with Gasteiger partial charge in [-0.2, -0.15) is 0 Å². The molecule has 3 rings (SSSR count). The molecule has 1 aromatic heterocycles. The van der Waals surface area contributed by atoms with E-state index in [0.29, 0.717) is 35.2 Å². The van der Waals surface area contributed by atoms with Gasteiger partial charge < -0.3 is 14.4 Å². The van der Waals surface area contributed by atoms with E-state index in [1.54, 1.807) is 31.6 Å². The van der Waals surface area contributed by atoms with Gasteiger partial charge in [0.15, 0.2) is 0 Å². The molecule has 5 nitrogen and oxygen atoms in total. The SMILES string of the molecule is COc1cccc(C(=O)N2CCC(Oc3ccncc3Cl)CC2)c1. The van der Waals surface area contributed by atoms with Gasteiger partial charge in [0.2, 0.25) is 0 Å². The van der Waals surface area contributed by atoms with Crippen LogP contribution in [-0.2, 0) is 0 Å². The Hall–Kier alpha value is -2.27. The number of halogens is 1. The summed E-state index contributed by atoms with van der Waals surface area (Å²) in [6, 6.07) is 8.99. The number of benzene rings is 1. The highest BCUT2D eigenvalue weighted by molar-refractivity contribution is 6.31. The zero-order valence-corrected chi connectivity index (χ0v) is 14.2. The molecule has 0 radical (unpaired) electrons. The Morgan fingerprint density at radius 2 is 2.08 bits per heavy atom. The Morgan fingerprint density at radius 3 is 2.79 bits per heavy atom. The molecule has 0 bridgehead atoms. The maximum Gasteiger partial charge on any atom is 0.253 e. The number of aromatic nitrogens is 1. The van der Waals surface area contributed by atoms with Crippen LogP contribution in [0, 0.1) is 0 Å². The average molecular weight is 347 g/mol. The number of rotatable bonds is 4. The molecule has 0 N–H and O–H groups in total. The first-order valence-corrected chi connectivity index (χ1v) is 8.24. The van der Waals surface area contributed by atoms with E-state index in [-0.39, 0.29) is 12.0 Å². The van der Waals surface area contributed by atoms with Crippen molar-refractivity contribution >= 4 is 17.5 Å². The van der Waals surface area contributed by atoms with Crippen LogP contribution in [0.4, 0.5) is 0 Å². The standard InChI is InChI=1S/C18H19ClN2O3/c1-23-15-4-2-3-13(11-15)18(22)21-9-6-14(7-10-21)24-17-5-8-20-12-16(17)19/h2-5,8,11-12,14H,6-7,9-10H2,1H3. The van der Waals surface area contributed by atoms with Crippen molar-refractivity contribution in [2.45, 2.75) is 18.9 Å². The summed E-state index contributed by atoms with van der Waals surface area (Å²) in [5.74, 6) is 1.35. The first kappa shape index (κ1) is 16.6. The molecule has 1 fully saturated rings. The van der Waals surface area contributed by atoms with Crippen LogP contribution in [0.2, 0.25) is 5.02 Å². The van der Waals surface area contributed by atoms with Gasteiger partial charge in [0, 0.05) is 50.0 Å². The number of hydrogen-bond donors (Lipinski definition) is 0. The van der Waals surface area contributed by atoms with Gasteiger partial charge in [-0.3, -0.25) is 9.78 Å². The maximum atomic E-state index is 12.6. The largest absolute Gasteiger partial charge is 0.497 e. The fourth-order valence-electron chi connectivity index (χ4n) is 2.75. The van der Waals surface area contributed by atoms with E-state index in [0.717, 1.165) is 12.8 Å². The molecule has 1 aliphatic heterocycles. The summed E-state index contributed by atoms with van der Waals surface area (Å²) in [7, 11) is 1.59. The molecule has 0 unspecified atom stereocenters. The third kappa shape index (κ3) is 3.79. The number of carbonyl (C=O) groups excluding carboxylic acids is 1. The van der Waals surface area contributed by atoms with E-state index < -0.39 is 0 Å². The van der Waals surface area contributed by atoms with Crippen LogP contribution in [-0.4, -0.2) is 42.1 Å². The van der Waals surface area contributed by atoms with Crippen molar-refractivity contribution in [3.63, 3.8) is 0 Å². The van der Waals surface area contributed by atoms with Crippen molar-refractivity contribution in [1.29, 1.82) is 0 Å². The number of hydrogen-bond acceptors (Lipinski definition) is 4. The Morgan fingerprint density at radius 1 is 1.29 bits per heavy atom. The zero-order valence-electron chi connectivity index (χ0n) is 13.4. The second kappa shape index (κ2) is 7.53. The van der Waals surface area contributed by atoms with Gasteiger partial charge in [0.25, 0.3) is 5.91 Å². The van der Waals surface area contributed by atoms with Crippen LogP contribution < -0.4 is 9.47 Å². The molecular weight excluding hydrogens is 328 g/mol. The molecule has 1 saturated heterocycles. The van der Waals surface area contributed by atoms with Crippen LogP contribution in [0.5, 0.6) is 11.5 Å². The lowest BCUT2D eigenvalue weighted by atomic mass is 10.1. The predicted molar refractivity (Wildman–Crippen MR) is 91.8 cm³/mol. The van der Waals surface area contributed by atoms with Gasteiger partial charge >= 0.3 is 0 Å². The molecule has 0 aliphatic carbocycles. The van der Waals surface area contributed by atoms with E-state index in [4.69, 9.17) is 21.1 Å². The molecule has 2 aromatic rings. The van der Waals surface area contributed by atoms with E-state index in [9.17, 15) is 4.79 Å². The van der Waals surface area contributed by atoms with Gasteiger partial charge in [-0.1, -0.05) is 17.7 Å². The zero-order chi connectivity index (χ0) is 16.9. The third-order valence-electron chi connectivity index (χ3n) is 4.07. The van der Waals surface area contributed by atoms with E-state index in [2.05, 4.69) is 4.98 Å². The van der Waals surface area contributed by atoms with Crippen molar-refractivity contribution in [2.75, 3.05) is 20.2 Å². The highest BCUT2D eigenvalue weighted by Crippen LogP contribution is 2.26. The first-order chi connectivity index (χ1) is 11.7. The van der Waals surface area contributed by atoms with Crippen LogP contribution in [0.1, 0.15) is 23.2 Å². The molecule has 1 aromatic carbocycles. The number of pyridine rings is 1. The highest BCUT2D eigenvalue weighted by Gasteiger charge is 2.25. The van der Waals surface area contributed by atoms with E-state index >= 15 is 0 Å². The summed E-state index contributed by atoms with van der Waals surface area (Å²) in [4.78, 5) is 18.4. The lowest BCUT2D eigenvalue weighted by Gasteiger charge is -2.32. The smallest absolute Gasteiger partial charge is 0.253 e. The summed E-state index contributed by atoms with van der Waals surface area (Å²) in [5, 5.41) is 0.507. The van der Waals surface area contributed by atoms with Crippen LogP contribution in [0.25, 0.3) is 0 Å². The molecule has 2 heterocycles. The molecule has 0 atom stereocenters. The van der Waals surface area contributed by atoms with E-state index in [1.165, 1.54) is 0 Å². The molecule has 0 spiro atoms. The van der Waals surface area contributed by atoms with Gasteiger partial charge in [-0.15, -0.1) is 0 Å². The molecule has 1 aliphatic rings. The number of carbonyl (C=O) groups is 1. The first-order valence-electron chi connectivity index (χ1n) is 7.87. The second-order valence-corrected chi connectivity index (χ2v) is 6.05. The Kier molecular flexibility index (Phi) is 5.20. The Labute approximate surface area is 146 Å². The summed E-state index contributed by atoms with van der Waals surface area (Å²) in [6.07, 6.45) is 4.82. The van der Waals surface area contributed by atoms with Gasteiger partial charge in [0.05, 0.1) is 7.11 Å². The summed E-state index contributed by atoms with van der Waals surface area (Å²) in [6.45, 7) is 1.31. The van der Waals surface area contributed by atoms with Crippen molar-refractivity contribution in [2.24, 2.45) is 0 Å². The average Bonchev–Trinajstić information content (AvgIpc) is 2.64. The lowest BCUT2D eigenvalue weighted by molar-refractivity contribution is 0.0595. The fourth-order valence-corrected chi connectivity index (χ4v) is 2.92. The molecule has 6 heteroatoms. The number of ether oxygens (including phenoxy) is 2. The van der Waals surface area contributed by atoms with E-state index in [1.807, 2.05) is 23.1 Å². The Balaban J connectivity index is 1.58. The molecule has 0 saturated carbocycles. The van der Waals surface area contributed by atoms with Crippen LogP contribution in [0.15, 0.2) is 42.7 Å². The van der Waals surface area contributed by atoms with Gasteiger partial charge in [-0.05, 0) is 18.2 Å². The normalized spacial score (nSPS) is 15.2. The molecular formula is C18H19ClN2O3. The molecule has 126 valence electrons. The van der Waals surface area contributed by atoms with Gasteiger partial charge in [-0.25, -0.2) is 0 Å². The summed E-state index contributed by atoms with van der Waals surface area (Å²) in [5.41, 5.74) is 0.644. The quantitative estimate of drug-likeness (QED) is 0.851. The third-order valence-corrected chi connectivity index (χ3v) is 4.36. The summed E-state index contributed by atoms with van der Waals surface area (Å²) < 4.78 is 11.1. The lowest BCUT2D eigenvalue weighted by Crippen LogP contribution is -2.41. The second-order valence-electron chi connectivity index (χ2n) is 5.65. The topological polar surface area (TPSA) is 51.7 Å². The van der Waals surface area contributed by atoms with Crippen molar-refractivity contribution in [3.8, 4) is 11.5 Å². The van der Waals surface area contributed by atoms with Crippen molar-refractivity contribution in [3.05, 3.63) is 53.3 Å². The monoisotopic (exact) mass is 346 g/mol. The minimum Gasteiger partial charge on any atom is -0.497 e. The number of methoxy groups -OCH3 is 1. The van der Waals surface area contributed by atoms with Crippen molar-refractivity contribution < 1.29 is 14.3 Å². The van der Waals surface area contributed by atoms with Crippen molar-refractivity contribution in [1.82, 2.24) is 9.88 Å². The number of nitrogens with zero attached hydrogens (tertiary/aromatic N) is 2. The number of piperidine rings is 1. The number of amides is 1. The van der Waals surface area contributed by atoms with Gasteiger partial charge in [0.1, 0.15) is 22.6 Å². The van der Waals surface area contributed by atoms with Crippen LogP contribution >= 0.6 is 11.6 Å². The summed E-state index contributed by atoms with van der Waals surface area (Å²) >= 11 is 6.07. The van der Waals surface area contributed by atoms with Crippen LogP contribution in [0.3, 0.4) is 0 Å². The highest BCUT2D eigenvalue weighted by atomic mass is 35.5. The minimum atomic E-state index is 0.0225. The number of likely N-dealkylation sites (tertiary alicyclic amines) is 1. The fraction of sp³-hybridized carbons (Fsp3) is 0.333. The maximum absolute atomic E-state index is 12.6. The molecule has 24 heavy (non-hydrogen) atoms. The predicted octanol–water partition coefficient (Wildman–Crippen LogP) is 3.43.